The molecule has 0 aliphatic carbocycles. The number of nitrogens with one attached hydrogen (secondary N) is 1. The van der Waals surface area contributed by atoms with Gasteiger partial charge in [0.15, 0.2) is 11.0 Å². The van der Waals surface area contributed by atoms with Gasteiger partial charge in [0.2, 0.25) is 0 Å². The van der Waals surface area contributed by atoms with E-state index in [2.05, 4.69) is 15.5 Å². The maximum atomic E-state index is 12.5. The first-order valence-corrected chi connectivity index (χ1v) is 11.0. The van der Waals surface area contributed by atoms with E-state index in [1.54, 1.807) is 17.8 Å². The monoisotopic (exact) mass is 448 g/mol. The number of benzene rings is 2. The molecule has 0 spiro atoms. The zero-order chi connectivity index (χ0) is 21.0. The first-order valence-electron chi connectivity index (χ1n) is 9.26. The van der Waals surface area contributed by atoms with E-state index in [-0.39, 0.29) is 11.9 Å². The van der Waals surface area contributed by atoms with E-state index in [0.717, 1.165) is 22.1 Å². The van der Waals surface area contributed by atoms with E-state index in [9.17, 15) is 4.79 Å². The molecule has 0 bridgehead atoms. The van der Waals surface area contributed by atoms with Gasteiger partial charge >= 0.3 is 0 Å². The molecule has 0 aliphatic heterocycles. The van der Waals surface area contributed by atoms with Gasteiger partial charge in [-0.2, -0.15) is 0 Å². The molecule has 3 aromatic rings. The van der Waals surface area contributed by atoms with Gasteiger partial charge in [0.25, 0.3) is 5.91 Å². The van der Waals surface area contributed by atoms with Crippen molar-refractivity contribution in [2.75, 3.05) is 0 Å². The second-order valence-corrected chi connectivity index (χ2v) is 8.46. The van der Waals surface area contributed by atoms with E-state index < -0.39 is 0 Å². The summed E-state index contributed by atoms with van der Waals surface area (Å²) in [5.74, 6) is 1.24. The van der Waals surface area contributed by atoms with Crippen molar-refractivity contribution in [3.63, 3.8) is 0 Å². The number of aromatic nitrogens is 3. The van der Waals surface area contributed by atoms with Crippen molar-refractivity contribution in [2.45, 2.75) is 44.3 Å². The summed E-state index contributed by atoms with van der Waals surface area (Å²) in [6.45, 7) is 6.63. The van der Waals surface area contributed by atoms with Gasteiger partial charge in [-0.25, -0.2) is 0 Å². The molecule has 0 saturated heterocycles. The van der Waals surface area contributed by atoms with Crippen molar-refractivity contribution in [1.82, 2.24) is 20.1 Å². The Labute approximate surface area is 184 Å². The van der Waals surface area contributed by atoms with Crippen LogP contribution in [0.2, 0.25) is 10.0 Å². The highest BCUT2D eigenvalue weighted by Crippen LogP contribution is 2.29. The van der Waals surface area contributed by atoms with E-state index in [1.807, 2.05) is 61.7 Å². The number of aryl methyl sites for hydroxylation is 1. The highest BCUT2D eigenvalue weighted by molar-refractivity contribution is 7.98. The molecule has 0 aliphatic rings. The molecule has 0 unspecified atom stereocenters. The molecular weight excluding hydrogens is 427 g/mol. The molecule has 0 fully saturated rings. The van der Waals surface area contributed by atoms with Crippen LogP contribution in [0.4, 0.5) is 0 Å². The van der Waals surface area contributed by atoms with Crippen LogP contribution in [0, 0.1) is 6.92 Å². The Morgan fingerprint density at radius 2 is 1.90 bits per heavy atom. The van der Waals surface area contributed by atoms with Crippen LogP contribution < -0.4 is 5.32 Å². The number of nitrogens with zero attached hydrogens (tertiary/aromatic N) is 3. The predicted molar refractivity (Wildman–Crippen MR) is 119 cm³/mol. The number of carbonyl (C=O) groups excluding carboxylic acids is 1. The highest BCUT2D eigenvalue weighted by Gasteiger charge is 2.20. The lowest BCUT2D eigenvalue weighted by molar-refractivity contribution is 0.0937. The summed E-state index contributed by atoms with van der Waals surface area (Å²) in [7, 11) is 0. The minimum absolute atomic E-state index is 0.134. The molecule has 1 atom stereocenters. The van der Waals surface area contributed by atoms with Crippen molar-refractivity contribution in [3.8, 4) is 0 Å². The Balaban J connectivity index is 1.70. The largest absolute Gasteiger partial charge is 0.342 e. The van der Waals surface area contributed by atoms with Crippen LogP contribution in [-0.2, 0) is 12.3 Å². The predicted octanol–water partition coefficient (Wildman–Crippen LogP) is 5.70. The number of amides is 1. The lowest BCUT2D eigenvalue weighted by Gasteiger charge is -2.15. The standard InChI is InChI=1S/C21H22Cl2N4OS/c1-4-27-19(14(3)24-20(28)15-7-5-13(2)6-8-15)25-26-21(27)29-12-16-9-10-17(22)11-18(16)23/h5-11,14H,4,12H2,1-3H3,(H,24,28)/t14-/m1/s1. The summed E-state index contributed by atoms with van der Waals surface area (Å²) in [6.07, 6.45) is 0. The Kier molecular flexibility index (Phi) is 7.22. The third-order valence-corrected chi connectivity index (χ3v) is 6.08. The lowest BCUT2D eigenvalue weighted by atomic mass is 10.1. The van der Waals surface area contributed by atoms with E-state index >= 15 is 0 Å². The van der Waals surface area contributed by atoms with Crippen LogP contribution in [0.25, 0.3) is 0 Å². The lowest BCUT2D eigenvalue weighted by Crippen LogP contribution is -2.28. The molecule has 1 aromatic heterocycles. The minimum Gasteiger partial charge on any atom is -0.342 e. The van der Waals surface area contributed by atoms with Gasteiger partial charge < -0.3 is 9.88 Å². The van der Waals surface area contributed by atoms with Gasteiger partial charge in [-0.3, -0.25) is 4.79 Å². The van der Waals surface area contributed by atoms with Crippen LogP contribution >= 0.6 is 35.0 Å². The van der Waals surface area contributed by atoms with Gasteiger partial charge in [-0.1, -0.05) is 58.7 Å². The van der Waals surface area contributed by atoms with E-state index in [4.69, 9.17) is 23.2 Å². The van der Waals surface area contributed by atoms with Gasteiger partial charge in [0, 0.05) is 27.9 Å². The quantitative estimate of drug-likeness (QED) is 0.471. The molecule has 8 heteroatoms. The third kappa shape index (κ3) is 5.32. The Hall–Kier alpha value is -2.02. The minimum atomic E-state index is -0.273. The number of thioether (sulfide) groups is 1. The third-order valence-electron chi connectivity index (χ3n) is 4.48. The number of hydrogen-bond donors (Lipinski definition) is 1. The zero-order valence-corrected chi connectivity index (χ0v) is 18.8. The topological polar surface area (TPSA) is 59.8 Å². The van der Waals surface area contributed by atoms with Crippen molar-refractivity contribution >= 4 is 40.9 Å². The van der Waals surface area contributed by atoms with Crippen molar-refractivity contribution < 1.29 is 4.79 Å². The molecule has 1 N–H and O–H groups in total. The van der Waals surface area contributed by atoms with Crippen molar-refractivity contribution in [3.05, 3.63) is 75.0 Å². The van der Waals surface area contributed by atoms with Crippen molar-refractivity contribution in [1.29, 1.82) is 0 Å². The summed E-state index contributed by atoms with van der Waals surface area (Å²) in [5, 5.41) is 13.7. The van der Waals surface area contributed by atoms with Crippen LogP contribution in [0.3, 0.4) is 0 Å². The molecule has 29 heavy (non-hydrogen) atoms. The summed E-state index contributed by atoms with van der Waals surface area (Å²) in [6, 6.07) is 12.7. The Morgan fingerprint density at radius 3 is 2.55 bits per heavy atom. The molecule has 5 nitrogen and oxygen atoms in total. The molecule has 1 heterocycles. The molecular formula is C21H22Cl2N4OS. The van der Waals surface area contributed by atoms with Crippen LogP contribution in [0.1, 0.15) is 47.2 Å². The highest BCUT2D eigenvalue weighted by atomic mass is 35.5. The Bertz CT molecular complexity index is 1000. The summed E-state index contributed by atoms with van der Waals surface area (Å²) in [5.41, 5.74) is 2.72. The van der Waals surface area contributed by atoms with Gasteiger partial charge in [-0.05, 0) is 50.6 Å². The molecule has 1 amide bonds. The van der Waals surface area contributed by atoms with Gasteiger partial charge in [0.05, 0.1) is 6.04 Å². The fourth-order valence-corrected chi connectivity index (χ4v) is 4.42. The molecule has 152 valence electrons. The SMILES string of the molecule is CCn1c(SCc2ccc(Cl)cc2Cl)nnc1[C@@H](C)NC(=O)c1ccc(C)cc1. The first-order chi connectivity index (χ1) is 13.9. The maximum Gasteiger partial charge on any atom is 0.251 e. The second-order valence-electron chi connectivity index (χ2n) is 6.67. The molecule has 0 radical (unpaired) electrons. The zero-order valence-electron chi connectivity index (χ0n) is 16.4. The number of halogens is 2. The summed E-state index contributed by atoms with van der Waals surface area (Å²) in [4.78, 5) is 12.5. The number of rotatable bonds is 7. The second kappa shape index (κ2) is 9.65. The summed E-state index contributed by atoms with van der Waals surface area (Å²) < 4.78 is 2.01. The van der Waals surface area contributed by atoms with Crippen LogP contribution in [-0.4, -0.2) is 20.7 Å². The van der Waals surface area contributed by atoms with Gasteiger partial charge in [-0.15, -0.1) is 10.2 Å². The summed E-state index contributed by atoms with van der Waals surface area (Å²) >= 11 is 13.8. The van der Waals surface area contributed by atoms with Crippen LogP contribution in [0.15, 0.2) is 47.6 Å². The van der Waals surface area contributed by atoms with Crippen molar-refractivity contribution in [2.24, 2.45) is 0 Å². The Morgan fingerprint density at radius 1 is 1.17 bits per heavy atom. The normalized spacial score (nSPS) is 12.0. The fourth-order valence-electron chi connectivity index (χ4n) is 2.85. The van der Waals surface area contributed by atoms with Crippen LogP contribution in [0.5, 0.6) is 0 Å². The number of hydrogen-bond acceptors (Lipinski definition) is 4. The average molecular weight is 449 g/mol. The molecule has 2 aromatic carbocycles. The molecule has 3 rings (SSSR count). The first kappa shape index (κ1) is 21.7. The van der Waals surface area contributed by atoms with Gasteiger partial charge in [0.1, 0.15) is 0 Å². The van der Waals surface area contributed by atoms with E-state index in [1.165, 1.54) is 0 Å². The maximum absolute atomic E-state index is 12.5. The average Bonchev–Trinajstić information content (AvgIpc) is 3.10. The van der Waals surface area contributed by atoms with E-state index in [0.29, 0.717) is 27.9 Å². The fraction of sp³-hybridized carbons (Fsp3) is 0.286. The smallest absolute Gasteiger partial charge is 0.251 e. The molecule has 0 saturated carbocycles. The number of carbonyl (C=O) groups is 1.